The Balaban J connectivity index is 0.000000195. The molecule has 8 heterocycles. The molecule has 0 amide bonds. The molecule has 146 heavy (non-hydrogen) atoms. The number of nitrogens with zero attached hydrogens (tertiary/aromatic N) is 20. The Kier molecular flexibility index (Phi) is 42.1. The highest BCUT2D eigenvalue weighted by Crippen LogP contribution is 2.34. The number of carbonyl (C=O) groups is 6. The Morgan fingerprint density at radius 2 is 0.630 bits per heavy atom. The number of ether oxygens (including phenoxy) is 6. The molecule has 4 aromatic carbocycles. The summed E-state index contributed by atoms with van der Waals surface area (Å²) in [6, 6.07) is 28.8. The van der Waals surface area contributed by atoms with Crippen LogP contribution in [0.1, 0.15) is 183 Å². The van der Waals surface area contributed by atoms with Crippen molar-refractivity contribution in [2.45, 2.75) is 256 Å². The lowest BCUT2D eigenvalue weighted by molar-refractivity contribution is -0.142. The predicted molar refractivity (Wildman–Crippen MR) is 549 cm³/mol. The maximum absolute atomic E-state index is 13.4. The number of halogens is 4. The van der Waals surface area contributed by atoms with Crippen molar-refractivity contribution < 1.29 is 83.2 Å². The van der Waals surface area contributed by atoms with Gasteiger partial charge in [-0.15, -0.1) is 30.6 Å². The lowest BCUT2D eigenvalue weighted by atomic mass is 9.93. The van der Waals surface area contributed by atoms with Crippen LogP contribution in [0.2, 0.25) is 0 Å². The van der Waals surface area contributed by atoms with Crippen LogP contribution < -0.4 is 21.3 Å². The van der Waals surface area contributed by atoms with Crippen LogP contribution >= 0.6 is 0 Å². The van der Waals surface area contributed by atoms with Crippen LogP contribution in [-0.4, -0.2) is 210 Å². The monoisotopic (exact) mass is 2030 g/mol. The second-order valence-corrected chi connectivity index (χ2v) is 38.2. The fraction of sp³-hybridized carbons (Fsp3) is 0.379. The summed E-state index contributed by atoms with van der Waals surface area (Å²) in [7, 11) is -3.32. The summed E-state index contributed by atoms with van der Waals surface area (Å²) >= 11 is 0. The molecule has 0 radical (unpaired) electrons. The Hall–Kier alpha value is -15.9. The number of hydrogen-bond acceptors (Lipinski definition) is 32. The zero-order valence-corrected chi connectivity index (χ0v) is 86.5. The van der Waals surface area contributed by atoms with E-state index in [4.69, 9.17) is 28.4 Å². The largest absolute Gasteiger partial charge is 0.460 e. The van der Waals surface area contributed by atoms with Crippen molar-refractivity contribution in [1.82, 2.24) is 98.6 Å². The molecular weight excluding hydrogens is 1910 g/mol. The third-order valence-electron chi connectivity index (χ3n) is 19.5. The molecule has 0 aliphatic heterocycles. The summed E-state index contributed by atoms with van der Waals surface area (Å²) in [5, 5.41) is 39.3. The number of aromatic nitrogens is 20. The quantitative estimate of drug-likeness (QED) is 0.0128. The number of esters is 6. The summed E-state index contributed by atoms with van der Waals surface area (Å²) < 4.78 is 113. The van der Waals surface area contributed by atoms with Crippen molar-refractivity contribution in [2.24, 2.45) is 0 Å². The first-order valence-electron chi connectivity index (χ1n) is 47.2. The number of carbonyl (C=O) groups excluding carboxylic acids is 6. The van der Waals surface area contributed by atoms with E-state index in [0.29, 0.717) is 58.9 Å². The van der Waals surface area contributed by atoms with E-state index in [1.54, 1.807) is 120 Å². The minimum atomic E-state index is -4.68. The first kappa shape index (κ1) is 114. The van der Waals surface area contributed by atoms with E-state index < -0.39 is 63.2 Å². The fourth-order valence-electron chi connectivity index (χ4n) is 13.2. The molecular formula is C103H126F4N24O14S. The lowest BCUT2D eigenvalue weighted by Crippen LogP contribution is -2.27. The molecule has 0 bridgehead atoms. The first-order chi connectivity index (χ1) is 68.9. The van der Waals surface area contributed by atoms with Crippen molar-refractivity contribution >= 4 is 106 Å². The Bertz CT molecular complexity index is 6470. The number of rotatable bonds is 33. The van der Waals surface area contributed by atoms with Gasteiger partial charge in [-0.05, 0) is 298 Å². The second kappa shape index (κ2) is 54.0. The van der Waals surface area contributed by atoms with Crippen LogP contribution in [0, 0.1) is 40.4 Å². The van der Waals surface area contributed by atoms with Crippen LogP contribution in [0.15, 0.2) is 176 Å². The van der Waals surface area contributed by atoms with E-state index >= 15 is 0 Å². The summed E-state index contributed by atoms with van der Waals surface area (Å²) in [5.41, 5.74) is 9.98. The molecule has 2 aliphatic rings. The Morgan fingerprint density at radius 1 is 0.349 bits per heavy atom. The smallest absolute Gasteiger partial charge is 0.416 e. The molecule has 0 spiro atoms. The van der Waals surface area contributed by atoms with Crippen molar-refractivity contribution in [3.8, 4) is 68.3 Å². The van der Waals surface area contributed by atoms with Gasteiger partial charge < -0.3 is 49.7 Å². The predicted octanol–water partition coefficient (Wildman–Crippen LogP) is 18.7. The van der Waals surface area contributed by atoms with Crippen molar-refractivity contribution in [3.05, 3.63) is 211 Å². The summed E-state index contributed by atoms with van der Waals surface area (Å²) in [4.78, 5) is 103. The normalized spacial score (nSPS) is 12.8. The standard InChI is InChI=1S/C19H24N4O2.C18H23N5O2.C18H24N4O2.C17H23N5O2.C16H19N3O4S.C15H13F4N3O2/c1-13(2)25-18(24)7-8-23-12-20-19(22-23)15-9-14(3)10-17(11-15)21-16-5-4-6-16;1-12(2)25-17(24)7-8-23-11-19-18(22-23)14-9-13(3)20-16(10-14)21-15-5-4-6-15;1-12(2)20-16-9-14(5)8-15(10-16)18-19-11-22(21-18)7-6-17(23)24-13(3)4;1-11(2)19-15-9-14(8-13(5)20-15)17-18-10-22(21-17)7-6-16(23)24-12(3)4;1-11(2)23-15(20)5-6-19-10-17-16(18-19)13-7-12(3)8-14(9-13)24(4,21)22;1-9(2)24-13(23)3-4-22-8-20-14(21-22)10-5-11(15(17,18)19)7-12(16)6-10/h7-13,16,21H,4-6H2,1-3H3;7-12,15H,4-6H2,1-3H3,(H,20,21);6-13,20H,1-5H3;6-12H,1-5H3,(H,19,20);5-11H,1-4H3;3-9H,1-2H3/b2*8-7-;2*7-6-;6-5-;4-3-. The molecule has 8 aromatic heterocycles. The van der Waals surface area contributed by atoms with E-state index in [1.165, 1.54) is 142 Å². The van der Waals surface area contributed by atoms with Crippen LogP contribution in [0.25, 0.3) is 106 Å². The van der Waals surface area contributed by atoms with Gasteiger partial charge in [0.25, 0.3) is 0 Å². The van der Waals surface area contributed by atoms with Crippen LogP contribution in [0.5, 0.6) is 0 Å². The van der Waals surface area contributed by atoms with E-state index in [1.807, 2.05) is 71.0 Å². The van der Waals surface area contributed by atoms with Crippen LogP contribution in [-0.2, 0) is 73.2 Å². The van der Waals surface area contributed by atoms with Crippen LogP contribution in [0.3, 0.4) is 0 Å². The number of sulfone groups is 1. The lowest BCUT2D eigenvalue weighted by Gasteiger charge is -2.27. The number of alkyl halides is 3. The highest BCUT2D eigenvalue weighted by Gasteiger charge is 2.32. The molecule has 43 heteroatoms. The molecule has 776 valence electrons. The summed E-state index contributed by atoms with van der Waals surface area (Å²) in [6.07, 6.45) is 28.1. The van der Waals surface area contributed by atoms with Gasteiger partial charge in [0, 0.05) is 160 Å². The van der Waals surface area contributed by atoms with Crippen LogP contribution in [0.4, 0.5) is 40.6 Å². The van der Waals surface area contributed by atoms with E-state index in [0.717, 1.165) is 102 Å². The molecule has 4 N–H and O–H groups in total. The first-order valence-corrected chi connectivity index (χ1v) is 49.1. The average molecular weight is 2030 g/mol. The fourth-order valence-corrected chi connectivity index (χ4v) is 14.0. The van der Waals surface area contributed by atoms with Gasteiger partial charge in [-0.25, -0.2) is 110 Å². The molecule has 12 aromatic rings. The Labute approximate surface area is 845 Å². The van der Waals surface area contributed by atoms with E-state index in [-0.39, 0.29) is 58.9 Å². The minimum absolute atomic E-state index is 0.109. The third kappa shape index (κ3) is 39.8. The minimum Gasteiger partial charge on any atom is -0.460 e. The topological polar surface area (TPSA) is 450 Å². The third-order valence-corrected chi connectivity index (χ3v) is 20.6. The molecule has 2 saturated carbocycles. The van der Waals surface area contributed by atoms with E-state index in [9.17, 15) is 54.7 Å². The number of nitrogens with one attached hydrogen (secondary N) is 4. The molecule has 0 saturated heterocycles. The molecule has 2 aliphatic carbocycles. The molecule has 2 fully saturated rings. The summed E-state index contributed by atoms with van der Waals surface area (Å²) in [5.74, 6) is 0.538. The highest BCUT2D eigenvalue weighted by atomic mass is 32.2. The zero-order valence-electron chi connectivity index (χ0n) is 85.7. The number of anilines is 4. The summed E-state index contributed by atoms with van der Waals surface area (Å²) in [6.45, 7) is 39.4. The van der Waals surface area contributed by atoms with Crippen molar-refractivity contribution in [3.63, 3.8) is 0 Å². The molecule has 0 unspecified atom stereocenters. The van der Waals surface area contributed by atoms with E-state index in [2.05, 4.69) is 151 Å². The number of pyridine rings is 2. The second-order valence-electron chi connectivity index (χ2n) is 36.2. The molecule has 14 rings (SSSR count). The maximum Gasteiger partial charge on any atom is 0.416 e. The van der Waals surface area contributed by atoms with Gasteiger partial charge in [0.1, 0.15) is 55.4 Å². The average Bonchev–Trinajstić information content (AvgIpc) is 1.34. The Morgan fingerprint density at radius 3 is 0.932 bits per heavy atom. The van der Waals surface area contributed by atoms with Gasteiger partial charge in [-0.2, -0.15) is 13.2 Å². The molecule has 0 atom stereocenters. The van der Waals surface area contributed by atoms with Gasteiger partial charge in [0.2, 0.25) is 0 Å². The van der Waals surface area contributed by atoms with Gasteiger partial charge in [-0.3, -0.25) is 0 Å². The van der Waals surface area contributed by atoms with Gasteiger partial charge in [0.05, 0.1) is 47.1 Å². The number of hydrogen-bond donors (Lipinski definition) is 4. The van der Waals surface area contributed by atoms with Gasteiger partial charge >= 0.3 is 42.0 Å². The zero-order chi connectivity index (χ0) is 107. The van der Waals surface area contributed by atoms with Crippen molar-refractivity contribution in [1.29, 1.82) is 0 Å². The highest BCUT2D eigenvalue weighted by molar-refractivity contribution is 7.90. The van der Waals surface area contributed by atoms with Crippen molar-refractivity contribution in [2.75, 3.05) is 27.5 Å². The maximum atomic E-state index is 13.4. The molecule has 38 nitrogen and oxygen atoms in total. The SMILES string of the molecule is CC(C)OC(=O)/C=C\n1cnc(-c2cc(F)cc(C(F)(F)F)c2)n1.Cc1cc(-c2ncn(/C=C\C(=O)OC(C)C)n2)cc(NC(C)C)n1.Cc1cc(-c2ncn(/C=C\C(=O)OC(C)C)n2)cc(NC2CCC2)n1.Cc1cc(-c2ncn(/C=C\C(=O)OC(C)C)n2)cc(S(C)(=O)=O)c1.Cc1cc(NC(C)C)cc(-c2ncn(/C=C\C(=O)OC(C)C)n2)c1.Cc1cc(NC2CCC2)cc(-c2ncn(/C=C\C(=O)OC(C)C)n2)c1. The van der Waals surface area contributed by atoms with Gasteiger partial charge in [-0.1, -0.05) is 0 Å². The number of aryl methyl sites for hydroxylation is 5. The van der Waals surface area contributed by atoms with Gasteiger partial charge in [0.15, 0.2) is 44.8 Å². The number of benzene rings is 4.